The minimum atomic E-state index is -1.87. The van der Waals surface area contributed by atoms with Crippen LogP contribution in [0.1, 0.15) is 120 Å². The second kappa shape index (κ2) is 23.1. The molecule has 0 aromatic heterocycles. The molecule has 0 bridgehead atoms. The molecule has 8 N–H and O–H groups in total. The topological polar surface area (TPSA) is 203 Å². The highest BCUT2D eigenvalue weighted by Gasteiger charge is 2.47. The van der Waals surface area contributed by atoms with Crippen molar-refractivity contribution >= 4 is 23.9 Å². The second-order valence-corrected chi connectivity index (χ2v) is 13.3. The second-order valence-electron chi connectivity index (χ2n) is 13.3. The standard InChI is InChI=1S/C13H26N2O4.C13H26N2.2C3H6O2/c1-11(2,3)18-9(16)13(15,7-8-14)10(17)19-12(4,5)6;1(2-12-4-8-14-9-5-12)3-13-6-10-15-11-7-13;2*1-2-3(4)5/h7-8,14-15H2,1-6H3;12-15H,1-11H2;2*2H2,1H3,(H,4,5). The molecule has 2 fully saturated rings. The van der Waals surface area contributed by atoms with Gasteiger partial charge in [0, 0.05) is 12.8 Å². The number of carbonyl (C=O) groups is 4. The summed E-state index contributed by atoms with van der Waals surface area (Å²) in [6.07, 6.45) is 10.6. The summed E-state index contributed by atoms with van der Waals surface area (Å²) in [5, 5.41) is 22.3. The first kappa shape index (κ1) is 43.8. The lowest BCUT2D eigenvalue weighted by atomic mass is 9.87. The monoisotopic (exact) mass is 632 g/mol. The van der Waals surface area contributed by atoms with Gasteiger partial charge in [0.25, 0.3) is 0 Å². The quantitative estimate of drug-likeness (QED) is 0.150. The number of nitrogens with one attached hydrogen (secondary N) is 2. The summed E-state index contributed by atoms with van der Waals surface area (Å²) in [6.45, 7) is 18.5. The first-order valence-electron chi connectivity index (χ1n) is 16.1. The third-order valence-corrected chi connectivity index (χ3v) is 6.81. The Morgan fingerprint density at radius 1 is 0.705 bits per heavy atom. The lowest BCUT2D eigenvalue weighted by Crippen LogP contribution is -2.59. The third kappa shape index (κ3) is 24.1. The molecule has 44 heavy (non-hydrogen) atoms. The fourth-order valence-electron chi connectivity index (χ4n) is 4.29. The maximum absolute atomic E-state index is 12.1. The summed E-state index contributed by atoms with van der Waals surface area (Å²) < 4.78 is 10.3. The van der Waals surface area contributed by atoms with Gasteiger partial charge in [-0.3, -0.25) is 9.59 Å². The average molecular weight is 633 g/mol. The number of ether oxygens (including phenoxy) is 2. The summed E-state index contributed by atoms with van der Waals surface area (Å²) in [7, 11) is 0. The van der Waals surface area contributed by atoms with Crippen LogP contribution >= 0.6 is 0 Å². The number of aliphatic carboxylic acids is 2. The van der Waals surface area contributed by atoms with Crippen molar-refractivity contribution in [3.8, 4) is 0 Å². The van der Waals surface area contributed by atoms with Crippen molar-refractivity contribution < 1.29 is 38.9 Å². The molecule has 0 unspecified atom stereocenters. The van der Waals surface area contributed by atoms with E-state index in [1.54, 1.807) is 55.4 Å². The Labute approximate surface area is 265 Å². The van der Waals surface area contributed by atoms with Gasteiger partial charge in [-0.05, 0) is 118 Å². The number of carboxylic acid groups (broad SMARTS) is 2. The molecular formula is C32H64N4O8. The first-order valence-corrected chi connectivity index (χ1v) is 16.1. The lowest BCUT2D eigenvalue weighted by Gasteiger charge is -2.31. The van der Waals surface area contributed by atoms with Crippen molar-refractivity contribution in [2.45, 2.75) is 136 Å². The van der Waals surface area contributed by atoms with Crippen LogP contribution in [0.4, 0.5) is 0 Å². The Hall–Kier alpha value is -2.28. The van der Waals surface area contributed by atoms with Gasteiger partial charge in [-0.1, -0.05) is 33.1 Å². The van der Waals surface area contributed by atoms with E-state index in [0.29, 0.717) is 0 Å². The zero-order valence-electron chi connectivity index (χ0n) is 28.8. The number of nitrogens with two attached hydrogens (primary N) is 2. The summed E-state index contributed by atoms with van der Waals surface area (Å²) in [6, 6.07) is 0. The Morgan fingerprint density at radius 2 is 1.00 bits per heavy atom. The molecule has 2 saturated heterocycles. The van der Waals surface area contributed by atoms with E-state index in [4.69, 9.17) is 31.2 Å². The van der Waals surface area contributed by atoms with Crippen LogP contribution in [0, 0.1) is 11.8 Å². The van der Waals surface area contributed by atoms with E-state index in [0.717, 1.165) is 11.8 Å². The van der Waals surface area contributed by atoms with E-state index in [9.17, 15) is 19.2 Å². The highest BCUT2D eigenvalue weighted by Crippen LogP contribution is 2.24. The van der Waals surface area contributed by atoms with Crippen molar-refractivity contribution in [3.63, 3.8) is 0 Å². The number of esters is 2. The minimum Gasteiger partial charge on any atom is -0.481 e. The van der Waals surface area contributed by atoms with Crippen molar-refractivity contribution in [1.29, 1.82) is 0 Å². The number of hydrogen-bond acceptors (Lipinski definition) is 10. The van der Waals surface area contributed by atoms with Crippen LogP contribution in [-0.2, 0) is 28.7 Å². The molecule has 12 nitrogen and oxygen atoms in total. The van der Waals surface area contributed by atoms with Gasteiger partial charge in [0.2, 0.25) is 5.54 Å². The van der Waals surface area contributed by atoms with Gasteiger partial charge in [-0.25, -0.2) is 9.59 Å². The predicted octanol–water partition coefficient (Wildman–Crippen LogP) is 3.83. The molecule has 12 heteroatoms. The van der Waals surface area contributed by atoms with Crippen molar-refractivity contribution in [1.82, 2.24) is 10.6 Å². The predicted molar refractivity (Wildman–Crippen MR) is 173 cm³/mol. The molecule has 260 valence electrons. The highest BCUT2D eigenvalue weighted by atomic mass is 16.6. The van der Waals surface area contributed by atoms with Crippen LogP contribution in [0.2, 0.25) is 0 Å². The summed E-state index contributed by atoms with van der Waals surface area (Å²) in [4.78, 5) is 42.9. The fraction of sp³-hybridized carbons (Fsp3) is 0.875. The molecule has 0 aromatic carbocycles. The van der Waals surface area contributed by atoms with Crippen LogP contribution in [0.5, 0.6) is 0 Å². The van der Waals surface area contributed by atoms with E-state index in [2.05, 4.69) is 10.6 Å². The van der Waals surface area contributed by atoms with Gasteiger partial charge < -0.3 is 41.8 Å². The number of hydrogen-bond donors (Lipinski definition) is 6. The molecule has 0 aliphatic carbocycles. The van der Waals surface area contributed by atoms with Crippen LogP contribution in [0.3, 0.4) is 0 Å². The zero-order chi connectivity index (χ0) is 34.4. The third-order valence-electron chi connectivity index (χ3n) is 6.81. The van der Waals surface area contributed by atoms with Gasteiger partial charge in [0.05, 0.1) is 0 Å². The van der Waals surface area contributed by atoms with E-state index in [1.165, 1.54) is 71.1 Å². The molecule has 0 saturated carbocycles. The van der Waals surface area contributed by atoms with E-state index >= 15 is 0 Å². The number of rotatable bonds is 10. The Kier molecular flexibility index (Phi) is 23.0. The molecular weight excluding hydrogens is 568 g/mol. The molecule has 0 amide bonds. The Morgan fingerprint density at radius 3 is 1.23 bits per heavy atom. The zero-order valence-corrected chi connectivity index (χ0v) is 28.8. The molecule has 0 aromatic rings. The fourth-order valence-corrected chi connectivity index (χ4v) is 4.29. The molecule has 2 aliphatic heterocycles. The van der Waals surface area contributed by atoms with Crippen molar-refractivity contribution in [3.05, 3.63) is 0 Å². The van der Waals surface area contributed by atoms with Crippen molar-refractivity contribution in [2.24, 2.45) is 23.3 Å². The van der Waals surface area contributed by atoms with Crippen LogP contribution in [-0.4, -0.2) is 83.6 Å². The number of carboxylic acids is 2. The molecule has 0 radical (unpaired) electrons. The molecule has 0 spiro atoms. The normalized spacial score (nSPS) is 16.0. The average Bonchev–Trinajstić information content (AvgIpc) is 2.93. The SMILES string of the molecule is C(CC1CCNCC1)CC1CCNCC1.CC(C)(C)OC(=O)C(N)(CCN)C(=O)OC(C)(C)C.CCC(=O)O.CCC(=O)O. The maximum atomic E-state index is 12.1. The van der Waals surface area contributed by atoms with Crippen LogP contribution < -0.4 is 22.1 Å². The summed E-state index contributed by atoms with van der Waals surface area (Å²) in [5.41, 5.74) is 7.96. The molecule has 0 atom stereocenters. The molecule has 2 heterocycles. The van der Waals surface area contributed by atoms with Gasteiger partial charge in [-0.15, -0.1) is 0 Å². The number of piperidine rings is 2. The van der Waals surface area contributed by atoms with Crippen LogP contribution in [0.25, 0.3) is 0 Å². The van der Waals surface area contributed by atoms with Gasteiger partial charge in [-0.2, -0.15) is 0 Å². The van der Waals surface area contributed by atoms with Crippen molar-refractivity contribution in [2.75, 3.05) is 32.7 Å². The smallest absolute Gasteiger partial charge is 0.338 e. The van der Waals surface area contributed by atoms with Crippen LogP contribution in [0.15, 0.2) is 0 Å². The van der Waals surface area contributed by atoms with E-state index in [-0.39, 0.29) is 25.8 Å². The van der Waals surface area contributed by atoms with E-state index in [1.807, 2.05) is 0 Å². The lowest BCUT2D eigenvalue weighted by molar-refractivity contribution is -0.177. The maximum Gasteiger partial charge on any atom is 0.338 e. The molecule has 2 rings (SSSR count). The Bertz CT molecular complexity index is 752. The highest BCUT2D eigenvalue weighted by molar-refractivity contribution is 6.05. The first-order chi connectivity index (χ1) is 20.3. The van der Waals surface area contributed by atoms with E-state index < -0.39 is 40.6 Å². The summed E-state index contributed by atoms with van der Waals surface area (Å²) >= 11 is 0. The largest absolute Gasteiger partial charge is 0.481 e. The van der Waals surface area contributed by atoms with Gasteiger partial charge >= 0.3 is 23.9 Å². The minimum absolute atomic E-state index is 0.0309. The summed E-state index contributed by atoms with van der Waals surface area (Å²) in [5.74, 6) is -1.06. The number of carbonyl (C=O) groups excluding carboxylic acids is 2. The Balaban J connectivity index is 0. The molecule has 2 aliphatic rings. The van der Waals surface area contributed by atoms with Gasteiger partial charge in [0.15, 0.2) is 0 Å². The van der Waals surface area contributed by atoms with Gasteiger partial charge in [0.1, 0.15) is 11.2 Å².